The van der Waals surface area contributed by atoms with Gasteiger partial charge in [-0.1, -0.05) is 0 Å². The lowest BCUT2D eigenvalue weighted by Gasteiger charge is -2.22. The molecule has 18 heavy (non-hydrogen) atoms. The number of aromatic nitrogens is 2. The molecule has 0 aromatic carbocycles. The molecule has 0 unspecified atom stereocenters. The van der Waals surface area contributed by atoms with Gasteiger partial charge in [-0.15, -0.1) is 0 Å². The Labute approximate surface area is 108 Å². The molecule has 0 radical (unpaired) electrons. The van der Waals surface area contributed by atoms with E-state index in [-0.39, 0.29) is 6.04 Å². The van der Waals surface area contributed by atoms with Crippen LogP contribution in [0.2, 0.25) is 0 Å². The van der Waals surface area contributed by atoms with Crippen molar-refractivity contribution >= 4 is 10.0 Å². The van der Waals surface area contributed by atoms with Gasteiger partial charge < -0.3 is 5.73 Å². The minimum absolute atomic E-state index is 0.0750. The zero-order valence-corrected chi connectivity index (χ0v) is 11.9. The summed E-state index contributed by atoms with van der Waals surface area (Å²) in [4.78, 5) is 0.338. The van der Waals surface area contributed by atoms with Crippen molar-refractivity contribution in [2.45, 2.75) is 37.6 Å². The quantitative estimate of drug-likeness (QED) is 0.849. The van der Waals surface area contributed by atoms with Gasteiger partial charge in [0.2, 0.25) is 10.0 Å². The predicted molar refractivity (Wildman–Crippen MR) is 68.7 cm³/mol. The maximum absolute atomic E-state index is 12.7. The Morgan fingerprint density at radius 2 is 2.11 bits per heavy atom. The van der Waals surface area contributed by atoms with Gasteiger partial charge in [-0.25, -0.2) is 8.42 Å². The third-order valence-electron chi connectivity index (χ3n) is 3.60. The van der Waals surface area contributed by atoms with Gasteiger partial charge in [-0.05, 0) is 26.7 Å². The smallest absolute Gasteiger partial charge is 0.247 e. The second-order valence-corrected chi connectivity index (χ2v) is 6.60. The van der Waals surface area contributed by atoms with Gasteiger partial charge in [-0.3, -0.25) is 4.68 Å². The highest BCUT2D eigenvalue weighted by atomic mass is 32.2. The van der Waals surface area contributed by atoms with Crippen molar-refractivity contribution in [2.75, 3.05) is 13.1 Å². The highest BCUT2D eigenvalue weighted by Crippen LogP contribution is 2.28. The monoisotopic (exact) mass is 272 g/mol. The van der Waals surface area contributed by atoms with Gasteiger partial charge in [0.25, 0.3) is 0 Å². The number of aryl methyl sites for hydroxylation is 2. The molecular formula is C11H20N4O2S. The summed E-state index contributed by atoms with van der Waals surface area (Å²) >= 11 is 0. The first-order valence-corrected chi connectivity index (χ1v) is 7.55. The standard InChI is InChI=1S/C11H20N4O2S/c1-8-11(9(2)14(3)13-8)18(16,17)15-6-4-5-10(15)7-12/h10H,4-7,12H2,1-3H3/t10-/m1/s1. The van der Waals surface area contributed by atoms with Crippen molar-refractivity contribution in [1.29, 1.82) is 0 Å². The Hall–Kier alpha value is -0.920. The van der Waals surface area contributed by atoms with E-state index in [4.69, 9.17) is 5.73 Å². The van der Waals surface area contributed by atoms with Crippen LogP contribution in [0.15, 0.2) is 4.90 Å². The molecule has 7 heteroatoms. The highest BCUT2D eigenvalue weighted by molar-refractivity contribution is 7.89. The van der Waals surface area contributed by atoms with Crippen molar-refractivity contribution in [3.63, 3.8) is 0 Å². The van der Waals surface area contributed by atoms with Crippen LogP contribution in [0.1, 0.15) is 24.2 Å². The lowest BCUT2D eigenvalue weighted by atomic mass is 10.2. The molecule has 6 nitrogen and oxygen atoms in total. The van der Waals surface area contributed by atoms with Gasteiger partial charge in [-0.2, -0.15) is 9.40 Å². The molecular weight excluding hydrogens is 252 g/mol. The Morgan fingerprint density at radius 3 is 2.61 bits per heavy atom. The van der Waals surface area contributed by atoms with Crippen molar-refractivity contribution in [1.82, 2.24) is 14.1 Å². The number of sulfonamides is 1. The Kier molecular flexibility index (Phi) is 3.48. The van der Waals surface area contributed by atoms with Gasteiger partial charge in [0.05, 0.1) is 11.4 Å². The summed E-state index contributed by atoms with van der Waals surface area (Å²) < 4.78 is 28.5. The van der Waals surface area contributed by atoms with E-state index in [1.807, 2.05) is 0 Å². The third-order valence-corrected chi connectivity index (χ3v) is 5.81. The molecule has 1 aliphatic heterocycles. The van der Waals surface area contributed by atoms with E-state index in [0.717, 1.165) is 12.8 Å². The van der Waals surface area contributed by atoms with Crippen molar-refractivity contribution in [3.8, 4) is 0 Å². The fourth-order valence-corrected chi connectivity index (χ4v) is 4.71. The average molecular weight is 272 g/mol. The fourth-order valence-electron chi connectivity index (χ4n) is 2.61. The Morgan fingerprint density at radius 1 is 1.44 bits per heavy atom. The van der Waals surface area contributed by atoms with Gasteiger partial charge in [0, 0.05) is 26.2 Å². The zero-order chi connectivity index (χ0) is 13.5. The summed E-state index contributed by atoms with van der Waals surface area (Å²) in [6, 6.07) is -0.0750. The minimum Gasteiger partial charge on any atom is -0.329 e. The van der Waals surface area contributed by atoms with Crippen LogP contribution in [0.4, 0.5) is 0 Å². The van der Waals surface area contributed by atoms with Gasteiger partial charge >= 0.3 is 0 Å². The molecule has 1 fully saturated rings. The summed E-state index contributed by atoms with van der Waals surface area (Å²) in [6.45, 7) is 4.43. The molecule has 1 saturated heterocycles. The van der Waals surface area contributed by atoms with Crippen LogP contribution in [-0.2, 0) is 17.1 Å². The molecule has 0 bridgehead atoms. The number of nitrogens with zero attached hydrogens (tertiary/aromatic N) is 3. The van der Waals surface area contributed by atoms with E-state index in [2.05, 4.69) is 5.10 Å². The first-order valence-electron chi connectivity index (χ1n) is 6.11. The molecule has 0 aliphatic carbocycles. The van der Waals surface area contributed by atoms with Crippen LogP contribution in [-0.4, -0.2) is 41.6 Å². The van der Waals surface area contributed by atoms with Crippen LogP contribution in [0.5, 0.6) is 0 Å². The Balaban J connectivity index is 2.48. The first-order chi connectivity index (χ1) is 8.39. The van der Waals surface area contributed by atoms with Crippen LogP contribution in [0, 0.1) is 13.8 Å². The fraction of sp³-hybridized carbons (Fsp3) is 0.727. The van der Waals surface area contributed by atoms with Crippen LogP contribution in [0.3, 0.4) is 0 Å². The highest BCUT2D eigenvalue weighted by Gasteiger charge is 2.37. The average Bonchev–Trinajstić information content (AvgIpc) is 2.85. The van der Waals surface area contributed by atoms with E-state index in [9.17, 15) is 8.42 Å². The maximum Gasteiger partial charge on any atom is 0.247 e. The maximum atomic E-state index is 12.7. The molecule has 0 spiro atoms. The summed E-state index contributed by atoms with van der Waals surface area (Å²) in [6.07, 6.45) is 1.72. The summed E-state index contributed by atoms with van der Waals surface area (Å²) in [5.41, 5.74) is 6.88. The van der Waals surface area contributed by atoms with Crippen LogP contribution < -0.4 is 5.73 Å². The van der Waals surface area contributed by atoms with Crippen molar-refractivity contribution < 1.29 is 8.42 Å². The molecule has 102 valence electrons. The lowest BCUT2D eigenvalue weighted by Crippen LogP contribution is -2.40. The second-order valence-electron chi connectivity index (χ2n) is 4.77. The number of hydrogen-bond donors (Lipinski definition) is 1. The summed E-state index contributed by atoms with van der Waals surface area (Å²) in [7, 11) is -1.71. The number of hydrogen-bond acceptors (Lipinski definition) is 4. The Bertz CT molecular complexity index is 550. The normalized spacial score (nSPS) is 21.7. The molecule has 2 heterocycles. The molecule has 2 N–H and O–H groups in total. The number of rotatable bonds is 3. The molecule has 1 aliphatic rings. The van der Waals surface area contributed by atoms with Crippen molar-refractivity contribution in [3.05, 3.63) is 11.4 Å². The molecule has 1 aromatic rings. The molecule has 2 rings (SSSR count). The topological polar surface area (TPSA) is 81.2 Å². The number of nitrogens with two attached hydrogens (primary N) is 1. The molecule has 0 amide bonds. The largest absolute Gasteiger partial charge is 0.329 e. The summed E-state index contributed by atoms with van der Waals surface area (Å²) in [5, 5.41) is 4.18. The van der Waals surface area contributed by atoms with E-state index in [1.165, 1.54) is 4.31 Å². The molecule has 0 saturated carbocycles. The SMILES string of the molecule is Cc1nn(C)c(C)c1S(=O)(=O)N1CCC[C@@H]1CN. The lowest BCUT2D eigenvalue weighted by molar-refractivity contribution is 0.392. The summed E-state index contributed by atoms with van der Waals surface area (Å²) in [5.74, 6) is 0. The van der Waals surface area contributed by atoms with Gasteiger partial charge in [0.15, 0.2) is 0 Å². The van der Waals surface area contributed by atoms with Gasteiger partial charge in [0.1, 0.15) is 4.90 Å². The van der Waals surface area contributed by atoms with E-state index >= 15 is 0 Å². The zero-order valence-electron chi connectivity index (χ0n) is 11.0. The van der Waals surface area contributed by atoms with E-state index < -0.39 is 10.0 Å². The van der Waals surface area contributed by atoms with Crippen molar-refractivity contribution in [2.24, 2.45) is 12.8 Å². The van der Waals surface area contributed by atoms with Crippen LogP contribution >= 0.6 is 0 Å². The minimum atomic E-state index is -3.47. The van der Waals surface area contributed by atoms with E-state index in [0.29, 0.717) is 29.4 Å². The first kappa shape index (κ1) is 13.5. The third kappa shape index (κ3) is 1.96. The predicted octanol–water partition coefficient (Wildman–Crippen LogP) is 0.149. The second kappa shape index (κ2) is 4.64. The molecule has 1 atom stereocenters. The van der Waals surface area contributed by atoms with E-state index in [1.54, 1.807) is 25.6 Å². The van der Waals surface area contributed by atoms with Crippen LogP contribution in [0.25, 0.3) is 0 Å². The molecule has 1 aromatic heterocycles.